The zero-order chi connectivity index (χ0) is 27.7. The van der Waals surface area contributed by atoms with Crippen molar-refractivity contribution in [1.82, 2.24) is 14.5 Å². The highest BCUT2D eigenvalue weighted by Gasteiger charge is 2.38. The Labute approximate surface area is 225 Å². The molecule has 9 heteroatoms. The van der Waals surface area contributed by atoms with Crippen LogP contribution in [0.1, 0.15) is 78.5 Å². The van der Waals surface area contributed by atoms with Gasteiger partial charge in [-0.1, -0.05) is 55.3 Å². The third-order valence-corrected chi connectivity index (χ3v) is 7.80. The van der Waals surface area contributed by atoms with Gasteiger partial charge in [0.15, 0.2) is 5.69 Å². The number of carbonyl (C=O) groups is 1. The zero-order valence-corrected chi connectivity index (χ0v) is 22.1. The van der Waals surface area contributed by atoms with Crippen LogP contribution < -0.4 is 10.3 Å². The lowest BCUT2D eigenvalue weighted by molar-refractivity contribution is -0.137. The normalized spacial score (nSPS) is 17.0. The third kappa shape index (κ3) is 5.44. The van der Waals surface area contributed by atoms with Gasteiger partial charge in [-0.2, -0.15) is 18.2 Å². The highest BCUT2D eigenvalue weighted by atomic mass is 19.4. The van der Waals surface area contributed by atoms with Crippen molar-refractivity contribution in [2.75, 3.05) is 6.54 Å². The molecule has 1 fully saturated rings. The number of amides is 1. The minimum Gasteiger partial charge on any atom is -0.481 e. The molecule has 0 radical (unpaired) electrons. The Morgan fingerprint density at radius 3 is 2.26 bits per heavy atom. The van der Waals surface area contributed by atoms with Gasteiger partial charge >= 0.3 is 11.7 Å². The number of nitrogens with zero attached hydrogens (tertiary/aromatic N) is 3. The smallest absolute Gasteiger partial charge is 0.416 e. The quantitative estimate of drug-likeness (QED) is 0.368. The maximum absolute atomic E-state index is 13.8. The first-order valence-electron chi connectivity index (χ1n) is 13.4. The SMILES string of the molecule is CC(C)N1CCn2c(C(c3ccc(C(F)(F)F)cc3)C3CCCC3)nc(=O)c(OCc3ccccc3)c2C1=O. The Hall–Kier alpha value is -3.62. The van der Waals surface area contributed by atoms with E-state index in [2.05, 4.69) is 4.98 Å². The average Bonchev–Trinajstić information content (AvgIpc) is 3.43. The summed E-state index contributed by atoms with van der Waals surface area (Å²) in [5.41, 5.74) is 0.304. The third-order valence-electron chi connectivity index (χ3n) is 7.80. The highest BCUT2D eigenvalue weighted by molar-refractivity contribution is 5.96. The average molecular weight is 540 g/mol. The molecule has 1 saturated carbocycles. The minimum absolute atomic E-state index is 0.0829. The first-order valence-corrected chi connectivity index (χ1v) is 13.4. The van der Waals surface area contributed by atoms with E-state index in [9.17, 15) is 22.8 Å². The molecule has 6 nitrogen and oxygen atoms in total. The number of hydrogen-bond donors (Lipinski definition) is 0. The zero-order valence-electron chi connectivity index (χ0n) is 22.1. The number of hydrogen-bond acceptors (Lipinski definition) is 4. The van der Waals surface area contributed by atoms with E-state index in [0.29, 0.717) is 24.5 Å². The summed E-state index contributed by atoms with van der Waals surface area (Å²) >= 11 is 0. The van der Waals surface area contributed by atoms with Gasteiger partial charge in [0.25, 0.3) is 5.91 Å². The van der Waals surface area contributed by atoms with E-state index in [4.69, 9.17) is 4.74 Å². The standard InChI is InChI=1S/C30H32F3N3O3/c1-19(2)35-16-17-36-25(29(35)38)26(39-18-20-8-4-3-5-9-20)28(37)34-27(36)24(21-10-6-7-11-21)22-12-14-23(15-13-22)30(31,32)33/h3-5,8-9,12-15,19,21,24H,6-7,10-11,16-18H2,1-2H3. The van der Waals surface area contributed by atoms with Crippen LogP contribution in [-0.2, 0) is 19.3 Å². The Balaban J connectivity index is 1.64. The first-order chi connectivity index (χ1) is 18.6. The molecule has 2 aromatic carbocycles. The molecule has 5 rings (SSSR count). The van der Waals surface area contributed by atoms with Crippen LogP contribution in [-0.4, -0.2) is 32.9 Å². The number of benzene rings is 2. The summed E-state index contributed by atoms with van der Waals surface area (Å²) in [4.78, 5) is 33.5. The fraction of sp³-hybridized carbons (Fsp3) is 0.433. The number of carbonyl (C=O) groups excluding carboxylic acids is 1. The lowest BCUT2D eigenvalue weighted by Crippen LogP contribution is -2.47. The fourth-order valence-electron chi connectivity index (χ4n) is 5.83. The molecular formula is C30H32F3N3O3. The molecule has 1 unspecified atom stereocenters. The van der Waals surface area contributed by atoms with Crippen LogP contribution in [0, 0.1) is 5.92 Å². The van der Waals surface area contributed by atoms with Gasteiger partial charge in [0.05, 0.1) is 5.56 Å². The van der Waals surface area contributed by atoms with Crippen molar-refractivity contribution >= 4 is 5.91 Å². The van der Waals surface area contributed by atoms with Crippen molar-refractivity contribution in [3.8, 4) is 5.75 Å². The molecule has 206 valence electrons. The first kappa shape index (κ1) is 27.0. The summed E-state index contributed by atoms with van der Waals surface area (Å²) in [5.74, 6) is -0.291. The van der Waals surface area contributed by atoms with Crippen LogP contribution in [0.15, 0.2) is 59.4 Å². The topological polar surface area (TPSA) is 64.4 Å². The summed E-state index contributed by atoms with van der Waals surface area (Å²) in [6.07, 6.45) is -0.709. The van der Waals surface area contributed by atoms with Gasteiger partial charge < -0.3 is 14.2 Å². The maximum atomic E-state index is 13.8. The highest BCUT2D eigenvalue weighted by Crippen LogP contribution is 2.42. The number of ether oxygens (including phenoxy) is 1. The predicted octanol–water partition coefficient (Wildman–Crippen LogP) is 6.03. The van der Waals surface area contributed by atoms with Crippen molar-refractivity contribution in [3.63, 3.8) is 0 Å². The van der Waals surface area contributed by atoms with E-state index in [0.717, 1.165) is 43.4 Å². The van der Waals surface area contributed by atoms with Crippen LogP contribution in [0.2, 0.25) is 0 Å². The number of aromatic nitrogens is 2. The fourth-order valence-corrected chi connectivity index (χ4v) is 5.83. The summed E-state index contributed by atoms with van der Waals surface area (Å²) in [6, 6.07) is 14.4. The lowest BCUT2D eigenvalue weighted by Gasteiger charge is -2.36. The number of fused-ring (bicyclic) bond motifs is 1. The van der Waals surface area contributed by atoms with Crippen molar-refractivity contribution in [3.05, 3.63) is 93.2 Å². The molecule has 1 aliphatic carbocycles. The summed E-state index contributed by atoms with van der Waals surface area (Å²) in [7, 11) is 0. The van der Waals surface area contributed by atoms with Crippen molar-refractivity contribution < 1.29 is 22.7 Å². The van der Waals surface area contributed by atoms with E-state index in [1.807, 2.05) is 44.2 Å². The second kappa shape index (κ2) is 10.9. The van der Waals surface area contributed by atoms with E-state index in [1.165, 1.54) is 12.1 Å². The molecule has 2 aliphatic rings. The molecule has 3 aromatic rings. The van der Waals surface area contributed by atoms with Gasteiger partial charge in [0.2, 0.25) is 5.75 Å². The molecule has 1 amide bonds. The number of halogens is 3. The van der Waals surface area contributed by atoms with Crippen LogP contribution >= 0.6 is 0 Å². The monoisotopic (exact) mass is 539 g/mol. The minimum atomic E-state index is -4.44. The second-order valence-electron chi connectivity index (χ2n) is 10.6. The largest absolute Gasteiger partial charge is 0.481 e. The maximum Gasteiger partial charge on any atom is 0.416 e. The molecule has 0 N–H and O–H groups in total. The van der Waals surface area contributed by atoms with Crippen molar-refractivity contribution in [1.29, 1.82) is 0 Å². The summed E-state index contributed by atoms with van der Waals surface area (Å²) < 4.78 is 47.6. The van der Waals surface area contributed by atoms with Crippen LogP contribution in [0.4, 0.5) is 13.2 Å². The molecular weight excluding hydrogens is 507 g/mol. The van der Waals surface area contributed by atoms with Crippen LogP contribution in [0.3, 0.4) is 0 Å². The molecule has 0 bridgehead atoms. The number of rotatable bonds is 7. The van der Waals surface area contributed by atoms with Gasteiger partial charge in [0.1, 0.15) is 12.4 Å². The van der Waals surface area contributed by atoms with E-state index < -0.39 is 23.2 Å². The van der Waals surface area contributed by atoms with E-state index in [-0.39, 0.29) is 35.9 Å². The van der Waals surface area contributed by atoms with Gasteiger partial charge in [-0.15, -0.1) is 0 Å². The van der Waals surface area contributed by atoms with E-state index >= 15 is 0 Å². The molecule has 1 aliphatic heterocycles. The Kier molecular flexibility index (Phi) is 7.51. The van der Waals surface area contributed by atoms with Crippen LogP contribution in [0.25, 0.3) is 0 Å². The molecule has 1 atom stereocenters. The van der Waals surface area contributed by atoms with Gasteiger partial charge in [-0.05, 0) is 55.9 Å². The molecule has 0 saturated heterocycles. The summed E-state index contributed by atoms with van der Waals surface area (Å²) in [6.45, 7) is 4.78. The Bertz CT molecular complexity index is 1380. The Morgan fingerprint density at radius 2 is 1.64 bits per heavy atom. The van der Waals surface area contributed by atoms with E-state index in [1.54, 1.807) is 9.47 Å². The molecule has 39 heavy (non-hydrogen) atoms. The predicted molar refractivity (Wildman–Crippen MR) is 141 cm³/mol. The van der Waals surface area contributed by atoms with Crippen molar-refractivity contribution in [2.45, 2.75) is 70.8 Å². The molecule has 0 spiro atoms. The van der Waals surface area contributed by atoms with Gasteiger partial charge in [0, 0.05) is 25.0 Å². The summed E-state index contributed by atoms with van der Waals surface area (Å²) in [5, 5.41) is 0. The number of alkyl halides is 3. The van der Waals surface area contributed by atoms with Crippen LogP contribution in [0.5, 0.6) is 5.75 Å². The molecule has 2 heterocycles. The van der Waals surface area contributed by atoms with Crippen molar-refractivity contribution in [2.24, 2.45) is 5.92 Å². The van der Waals surface area contributed by atoms with Gasteiger partial charge in [-0.3, -0.25) is 9.59 Å². The van der Waals surface area contributed by atoms with Gasteiger partial charge in [-0.25, -0.2) is 0 Å². The molecule has 1 aromatic heterocycles. The Morgan fingerprint density at radius 1 is 0.974 bits per heavy atom. The lowest BCUT2D eigenvalue weighted by atomic mass is 9.83. The second-order valence-corrected chi connectivity index (χ2v) is 10.6.